The minimum Gasteiger partial charge on any atom is -0.462 e. The quantitative estimate of drug-likeness (QED) is 0.114. The number of nitrogens with zero attached hydrogens (tertiary/aromatic N) is 1. The fourth-order valence-electron chi connectivity index (χ4n) is 7.17. The molecule has 3 amide bonds. The van der Waals surface area contributed by atoms with Gasteiger partial charge in [0.1, 0.15) is 19.3 Å². The molecule has 0 radical (unpaired) electrons. The van der Waals surface area contributed by atoms with Gasteiger partial charge in [-0.05, 0) is 66.3 Å². The summed E-state index contributed by atoms with van der Waals surface area (Å²) in [7, 11) is 0. The second kappa shape index (κ2) is 18.9. The number of fused-ring (bicyclic) bond motifs is 3. The van der Waals surface area contributed by atoms with Crippen LogP contribution in [-0.4, -0.2) is 78.4 Å². The Hall–Kier alpha value is -5.22. The monoisotopic (exact) mass is 707 g/mol. The summed E-state index contributed by atoms with van der Waals surface area (Å²) in [5, 5.41) is 15.4. The smallest absolute Gasteiger partial charge is 0.407 e. The lowest BCUT2D eigenvalue weighted by atomic mass is 9.98. The van der Waals surface area contributed by atoms with Gasteiger partial charge in [-0.25, -0.2) is 9.59 Å². The highest BCUT2D eigenvalue weighted by molar-refractivity contribution is 5.87. The number of esters is 1. The molecule has 2 aliphatic rings. The first-order chi connectivity index (χ1) is 25.3. The fraction of sp³-hybridized carbons (Fsp3) is 0.381. The van der Waals surface area contributed by atoms with Gasteiger partial charge >= 0.3 is 12.1 Å². The van der Waals surface area contributed by atoms with Crippen LogP contribution in [0.4, 0.5) is 4.79 Å². The van der Waals surface area contributed by atoms with Crippen molar-refractivity contribution in [3.05, 3.63) is 121 Å². The van der Waals surface area contributed by atoms with Crippen molar-refractivity contribution in [1.82, 2.24) is 15.5 Å². The first kappa shape index (κ1) is 38.0. The third-order valence-electron chi connectivity index (χ3n) is 9.80. The van der Waals surface area contributed by atoms with E-state index in [2.05, 4.69) is 35.9 Å². The molecule has 274 valence electrons. The molecule has 10 heteroatoms. The van der Waals surface area contributed by atoms with Crippen LogP contribution in [-0.2, 0) is 30.3 Å². The van der Waals surface area contributed by atoms with Crippen molar-refractivity contribution in [3.8, 4) is 11.1 Å². The van der Waals surface area contributed by atoms with E-state index in [1.807, 2.05) is 66.7 Å². The third-order valence-corrected chi connectivity index (χ3v) is 9.80. The van der Waals surface area contributed by atoms with Gasteiger partial charge in [0.2, 0.25) is 11.8 Å². The Balaban J connectivity index is 1.14. The van der Waals surface area contributed by atoms with Crippen LogP contribution in [0, 0.1) is 5.92 Å². The number of amides is 3. The van der Waals surface area contributed by atoms with Crippen LogP contribution in [0.15, 0.2) is 104 Å². The Labute approximate surface area is 305 Å². The number of hydrogen-bond acceptors (Lipinski definition) is 7. The van der Waals surface area contributed by atoms with Crippen LogP contribution in [0.3, 0.4) is 0 Å². The topological polar surface area (TPSA) is 134 Å². The molecule has 3 aromatic carbocycles. The Kier molecular flexibility index (Phi) is 13.8. The van der Waals surface area contributed by atoms with E-state index >= 15 is 0 Å². The largest absolute Gasteiger partial charge is 0.462 e. The van der Waals surface area contributed by atoms with Crippen molar-refractivity contribution in [2.45, 2.75) is 69.0 Å². The summed E-state index contributed by atoms with van der Waals surface area (Å²) in [5.41, 5.74) is 5.39. The van der Waals surface area contributed by atoms with Gasteiger partial charge in [-0.1, -0.05) is 91.0 Å². The summed E-state index contributed by atoms with van der Waals surface area (Å²) in [6.45, 7) is 7.84. The van der Waals surface area contributed by atoms with Crippen LogP contribution in [0.1, 0.15) is 61.1 Å². The van der Waals surface area contributed by atoms with Gasteiger partial charge in [-0.15, -0.1) is 13.2 Å². The molecule has 1 heterocycles. The number of likely N-dealkylation sites (tertiary alicyclic amines) is 1. The van der Waals surface area contributed by atoms with Crippen molar-refractivity contribution in [2.24, 2.45) is 5.92 Å². The Morgan fingerprint density at radius 1 is 0.865 bits per heavy atom. The van der Waals surface area contributed by atoms with Gasteiger partial charge in [-0.3, -0.25) is 9.59 Å². The zero-order chi connectivity index (χ0) is 36.9. The maximum absolute atomic E-state index is 13.8. The summed E-state index contributed by atoms with van der Waals surface area (Å²) in [4.78, 5) is 54.8. The molecule has 1 aliphatic carbocycles. The van der Waals surface area contributed by atoms with E-state index in [4.69, 9.17) is 9.47 Å². The SMILES string of the molecule is C=CCC[C@H](NC(=O)OCC1c2ccccc2-c2ccccc21)C(=O)OC[C@@H]1CCCN1C(=O)[C@H](CC=C)CC(=O)N[C@H](CO)Cc1ccccc1. The summed E-state index contributed by atoms with van der Waals surface area (Å²) >= 11 is 0. The Bertz CT molecular complexity index is 1660. The van der Waals surface area contributed by atoms with Crippen molar-refractivity contribution >= 4 is 23.9 Å². The van der Waals surface area contributed by atoms with E-state index in [0.29, 0.717) is 32.2 Å². The van der Waals surface area contributed by atoms with E-state index in [0.717, 1.165) is 34.2 Å². The maximum atomic E-state index is 13.8. The molecule has 10 nitrogen and oxygen atoms in total. The number of aliphatic hydroxyl groups is 1. The van der Waals surface area contributed by atoms with Crippen LogP contribution < -0.4 is 10.6 Å². The number of rotatable bonds is 18. The second-order valence-electron chi connectivity index (χ2n) is 13.4. The maximum Gasteiger partial charge on any atom is 0.407 e. The van der Waals surface area contributed by atoms with Gasteiger partial charge in [0.15, 0.2) is 0 Å². The fourth-order valence-corrected chi connectivity index (χ4v) is 7.17. The zero-order valence-electron chi connectivity index (χ0n) is 29.6. The number of nitrogens with one attached hydrogen (secondary N) is 2. The molecular formula is C42H49N3O7. The van der Waals surface area contributed by atoms with Crippen molar-refractivity contribution in [1.29, 1.82) is 0 Å². The number of ether oxygens (including phenoxy) is 2. The van der Waals surface area contributed by atoms with Gasteiger partial charge in [-0.2, -0.15) is 0 Å². The van der Waals surface area contributed by atoms with Gasteiger partial charge in [0, 0.05) is 18.9 Å². The van der Waals surface area contributed by atoms with Crippen molar-refractivity contribution in [2.75, 3.05) is 26.4 Å². The number of benzene rings is 3. The minimum absolute atomic E-state index is 0.0435. The molecule has 3 N–H and O–H groups in total. The third kappa shape index (κ3) is 9.76. The number of carbonyl (C=O) groups excluding carboxylic acids is 4. The number of aliphatic hydroxyl groups excluding tert-OH is 1. The lowest BCUT2D eigenvalue weighted by Gasteiger charge is -2.29. The first-order valence-electron chi connectivity index (χ1n) is 18.1. The zero-order valence-corrected chi connectivity index (χ0v) is 29.6. The molecule has 52 heavy (non-hydrogen) atoms. The van der Waals surface area contributed by atoms with E-state index in [9.17, 15) is 24.3 Å². The molecule has 0 aromatic heterocycles. The average Bonchev–Trinajstić information content (AvgIpc) is 3.77. The highest BCUT2D eigenvalue weighted by atomic mass is 16.6. The van der Waals surface area contributed by atoms with Gasteiger partial charge in [0.25, 0.3) is 0 Å². The van der Waals surface area contributed by atoms with E-state index in [1.54, 1.807) is 17.1 Å². The standard InChI is InChI=1S/C42H49N3O7/c1-3-5-22-38(44-42(50)52-28-37-35-20-11-9-18-33(35)34-19-10-12-21-36(34)37)41(49)51-27-32-17-13-23-45(32)40(48)30(14-4-2)25-39(47)43-31(26-46)24-29-15-7-6-8-16-29/h3-4,6-12,15-16,18-21,30-32,37-38,46H,1-2,5,13-14,17,22-28H2,(H,43,47)(H,44,50)/t30-,31+,32+,38+/m1/s1. The molecule has 3 aromatic rings. The molecule has 1 aliphatic heterocycles. The Morgan fingerprint density at radius 2 is 1.54 bits per heavy atom. The number of hydrogen-bond donors (Lipinski definition) is 3. The highest BCUT2D eigenvalue weighted by Crippen LogP contribution is 2.44. The van der Waals surface area contributed by atoms with Crippen molar-refractivity contribution in [3.63, 3.8) is 0 Å². The highest BCUT2D eigenvalue weighted by Gasteiger charge is 2.36. The molecule has 0 bridgehead atoms. The molecular weight excluding hydrogens is 658 g/mol. The minimum atomic E-state index is -0.966. The molecule has 1 saturated heterocycles. The number of carbonyl (C=O) groups is 4. The van der Waals surface area contributed by atoms with Crippen LogP contribution in [0.5, 0.6) is 0 Å². The summed E-state index contributed by atoms with van der Waals surface area (Å²) in [5.74, 6) is -1.94. The van der Waals surface area contributed by atoms with Crippen LogP contribution >= 0.6 is 0 Å². The lowest BCUT2D eigenvalue weighted by molar-refractivity contribution is -0.150. The van der Waals surface area contributed by atoms with E-state index in [-0.39, 0.29) is 56.4 Å². The van der Waals surface area contributed by atoms with Crippen LogP contribution in [0.2, 0.25) is 0 Å². The van der Waals surface area contributed by atoms with E-state index < -0.39 is 30.1 Å². The van der Waals surface area contributed by atoms with Gasteiger partial charge in [0.05, 0.1) is 24.6 Å². The summed E-state index contributed by atoms with van der Waals surface area (Å²) in [6, 6.07) is 23.9. The lowest BCUT2D eigenvalue weighted by Crippen LogP contribution is -2.46. The molecule has 0 unspecified atom stereocenters. The molecule has 0 spiro atoms. The summed E-state index contributed by atoms with van der Waals surface area (Å²) in [6.07, 6.45) is 5.36. The number of alkyl carbamates (subject to hydrolysis) is 1. The van der Waals surface area contributed by atoms with Gasteiger partial charge < -0.3 is 30.1 Å². The molecule has 0 saturated carbocycles. The predicted molar refractivity (Wildman–Crippen MR) is 199 cm³/mol. The molecule has 5 rings (SSSR count). The first-order valence-corrected chi connectivity index (χ1v) is 18.1. The van der Waals surface area contributed by atoms with Crippen LogP contribution in [0.25, 0.3) is 11.1 Å². The second-order valence-corrected chi connectivity index (χ2v) is 13.4. The molecule has 4 atom stereocenters. The molecule has 1 fully saturated rings. The normalized spacial score (nSPS) is 16.5. The average molecular weight is 708 g/mol. The van der Waals surface area contributed by atoms with E-state index in [1.165, 1.54) is 0 Å². The number of allylic oxidation sites excluding steroid dienone is 2. The predicted octanol–water partition coefficient (Wildman–Crippen LogP) is 5.70. The Morgan fingerprint density at radius 3 is 2.19 bits per heavy atom. The summed E-state index contributed by atoms with van der Waals surface area (Å²) < 4.78 is 11.4. The van der Waals surface area contributed by atoms with Crippen molar-refractivity contribution < 1.29 is 33.8 Å².